The van der Waals surface area contributed by atoms with Crippen molar-refractivity contribution in [2.45, 2.75) is 76.7 Å². The van der Waals surface area contributed by atoms with E-state index in [0.29, 0.717) is 24.2 Å². The van der Waals surface area contributed by atoms with Crippen LogP contribution in [0.2, 0.25) is 0 Å². The first kappa shape index (κ1) is 29.0. The number of hydrogen-bond acceptors (Lipinski definition) is 3. The summed E-state index contributed by atoms with van der Waals surface area (Å²) in [7, 11) is 0. The van der Waals surface area contributed by atoms with E-state index in [0.717, 1.165) is 87.9 Å². The fourth-order valence-corrected chi connectivity index (χ4v) is 7.76. The number of carboxylic acid groups (broad SMARTS) is 1. The van der Waals surface area contributed by atoms with Gasteiger partial charge in [-0.1, -0.05) is 37.1 Å². The second-order valence-electron chi connectivity index (χ2n) is 13.0. The smallest absolute Gasteiger partial charge is 0.306 e. The average Bonchev–Trinajstić information content (AvgIpc) is 3.58. The van der Waals surface area contributed by atoms with Gasteiger partial charge < -0.3 is 10.0 Å². The van der Waals surface area contributed by atoms with Gasteiger partial charge in [0.25, 0.3) is 0 Å². The summed E-state index contributed by atoms with van der Waals surface area (Å²) in [5.74, 6) is 0.316. The van der Waals surface area contributed by atoms with E-state index < -0.39 is 5.97 Å². The van der Waals surface area contributed by atoms with E-state index in [2.05, 4.69) is 22.6 Å². The van der Waals surface area contributed by atoms with Gasteiger partial charge in [0.1, 0.15) is 11.6 Å². The van der Waals surface area contributed by atoms with Crippen LogP contribution in [0.1, 0.15) is 86.2 Å². The molecule has 1 saturated heterocycles. The lowest BCUT2D eigenvalue weighted by atomic mass is 9.85. The third kappa shape index (κ3) is 6.77. The van der Waals surface area contributed by atoms with E-state index in [1.807, 2.05) is 18.2 Å². The lowest BCUT2D eigenvalue weighted by molar-refractivity contribution is -0.144. The molecule has 3 aromatic rings. The molecule has 3 aliphatic rings. The Labute approximate surface area is 247 Å². The minimum absolute atomic E-state index is 0.150. The summed E-state index contributed by atoms with van der Waals surface area (Å²) < 4.78 is 29.7. The molecule has 2 aliphatic carbocycles. The van der Waals surface area contributed by atoms with Gasteiger partial charge >= 0.3 is 5.97 Å². The molecule has 2 unspecified atom stereocenters. The highest BCUT2D eigenvalue weighted by Gasteiger charge is 2.43. The van der Waals surface area contributed by atoms with Crippen molar-refractivity contribution in [2.24, 2.45) is 23.7 Å². The van der Waals surface area contributed by atoms with Gasteiger partial charge in [-0.25, -0.2) is 8.78 Å². The van der Waals surface area contributed by atoms with Crippen molar-refractivity contribution < 1.29 is 18.7 Å². The molecule has 5 nitrogen and oxygen atoms in total. The zero-order valence-electron chi connectivity index (χ0n) is 24.6. The number of likely N-dealkylation sites (tertiary alicyclic amines) is 1. The van der Waals surface area contributed by atoms with Crippen LogP contribution in [0.5, 0.6) is 0 Å². The highest BCUT2D eigenvalue weighted by Crippen LogP contribution is 2.49. The Morgan fingerprint density at radius 3 is 2.43 bits per heavy atom. The number of hydrogen-bond donors (Lipinski definition) is 1. The number of carbonyl (C=O) groups is 1. The molecule has 1 aliphatic heterocycles. The monoisotopic (exact) mass is 575 g/mol. The van der Waals surface area contributed by atoms with Gasteiger partial charge in [-0.3, -0.25) is 9.48 Å². The van der Waals surface area contributed by atoms with Crippen molar-refractivity contribution >= 4 is 5.97 Å². The van der Waals surface area contributed by atoms with Crippen LogP contribution < -0.4 is 0 Å². The molecule has 3 fully saturated rings. The number of carboxylic acids is 1. The van der Waals surface area contributed by atoms with E-state index in [-0.39, 0.29) is 29.4 Å². The van der Waals surface area contributed by atoms with E-state index in [1.54, 1.807) is 12.1 Å². The summed E-state index contributed by atoms with van der Waals surface area (Å²) >= 11 is 0. The van der Waals surface area contributed by atoms with E-state index in [9.17, 15) is 18.7 Å². The van der Waals surface area contributed by atoms with Gasteiger partial charge in [-0.15, -0.1) is 0 Å². The third-order valence-corrected chi connectivity index (χ3v) is 10.1. The molecule has 2 heterocycles. The predicted octanol–water partition coefficient (Wildman–Crippen LogP) is 7.26. The molecular weight excluding hydrogens is 532 g/mol. The van der Waals surface area contributed by atoms with Crippen LogP contribution in [-0.2, 0) is 17.8 Å². The van der Waals surface area contributed by atoms with Crippen LogP contribution in [0.25, 0.3) is 0 Å². The summed E-state index contributed by atoms with van der Waals surface area (Å²) in [6.45, 7) is 5.87. The Bertz CT molecular complexity index is 1360. The Kier molecular flexibility index (Phi) is 8.75. The molecule has 4 atom stereocenters. The first-order chi connectivity index (χ1) is 20.4. The molecule has 6 rings (SSSR count). The number of aromatic nitrogens is 2. The molecule has 0 radical (unpaired) electrons. The van der Waals surface area contributed by atoms with Crippen molar-refractivity contribution in [3.05, 3.63) is 88.7 Å². The highest BCUT2D eigenvalue weighted by molar-refractivity contribution is 5.70. The van der Waals surface area contributed by atoms with Crippen LogP contribution in [0, 0.1) is 35.3 Å². The molecule has 0 spiro atoms. The largest absolute Gasteiger partial charge is 0.481 e. The lowest BCUT2D eigenvalue weighted by Crippen LogP contribution is -2.37. The molecule has 0 bridgehead atoms. The van der Waals surface area contributed by atoms with Crippen molar-refractivity contribution in [3.63, 3.8) is 0 Å². The number of benzene rings is 2. The molecule has 1 N–H and O–H groups in total. The highest BCUT2D eigenvalue weighted by atomic mass is 19.1. The first-order valence-corrected chi connectivity index (χ1v) is 15.9. The van der Waals surface area contributed by atoms with Crippen molar-refractivity contribution in [2.75, 3.05) is 19.6 Å². The number of piperidine rings is 1. The SMILES string of the molecule is CCn1nc(Cc2ccc(F)cc2)cc1C1CCN(C[C@H]2CC(C(CC3CC3)C(=O)O)C[C@@H]2c2cccc(F)c2)CC1. The fraction of sp³-hybridized carbons (Fsp3) is 0.543. The Morgan fingerprint density at radius 1 is 1.00 bits per heavy atom. The maximum atomic E-state index is 14.2. The average molecular weight is 576 g/mol. The zero-order chi connectivity index (χ0) is 29.2. The summed E-state index contributed by atoms with van der Waals surface area (Å²) in [5, 5.41) is 15.0. The molecule has 42 heavy (non-hydrogen) atoms. The molecule has 7 heteroatoms. The normalized spacial score (nSPS) is 24.2. The summed E-state index contributed by atoms with van der Waals surface area (Å²) in [4.78, 5) is 14.8. The molecule has 224 valence electrons. The van der Waals surface area contributed by atoms with Gasteiger partial charge in [-0.05, 0) is 117 Å². The van der Waals surface area contributed by atoms with E-state index in [1.165, 1.54) is 23.9 Å². The summed E-state index contributed by atoms with van der Waals surface area (Å²) in [6.07, 6.45) is 7.66. The summed E-state index contributed by atoms with van der Waals surface area (Å²) in [6, 6.07) is 15.9. The maximum Gasteiger partial charge on any atom is 0.306 e. The van der Waals surface area contributed by atoms with E-state index >= 15 is 0 Å². The first-order valence-electron chi connectivity index (χ1n) is 15.9. The van der Waals surface area contributed by atoms with Crippen molar-refractivity contribution in [1.29, 1.82) is 0 Å². The molecule has 2 aromatic carbocycles. The molecule has 0 amide bonds. The molecular formula is C35H43F2N3O2. The van der Waals surface area contributed by atoms with Gasteiger partial charge in [-0.2, -0.15) is 5.10 Å². The quantitative estimate of drug-likeness (QED) is 0.261. The Morgan fingerprint density at radius 2 is 1.76 bits per heavy atom. The van der Waals surface area contributed by atoms with Crippen LogP contribution >= 0.6 is 0 Å². The van der Waals surface area contributed by atoms with Crippen LogP contribution in [0.3, 0.4) is 0 Å². The number of rotatable bonds is 11. The lowest BCUT2D eigenvalue weighted by Gasteiger charge is -2.35. The Hall–Kier alpha value is -3.06. The standard InChI is InChI=1S/C35H43F2N3O2/c1-2-40-34(21-31(38-40)16-23-8-10-29(36)11-9-23)25-12-14-39(15-13-25)22-28-18-27(33(35(41)42)17-24-6-7-24)20-32(28)26-4-3-5-30(37)19-26/h3-5,8-11,19,21,24-25,27-28,32-33H,2,6-7,12-18,20,22H2,1H3,(H,41,42)/t27?,28-,32-,33?/m1/s1. The van der Waals surface area contributed by atoms with Gasteiger partial charge in [0.15, 0.2) is 0 Å². The topological polar surface area (TPSA) is 58.4 Å². The number of nitrogens with zero attached hydrogens (tertiary/aromatic N) is 3. The molecule has 2 saturated carbocycles. The number of halogens is 2. The predicted molar refractivity (Wildman–Crippen MR) is 159 cm³/mol. The third-order valence-electron chi connectivity index (χ3n) is 10.1. The number of aliphatic carboxylic acids is 1. The minimum Gasteiger partial charge on any atom is -0.481 e. The second-order valence-corrected chi connectivity index (χ2v) is 13.0. The van der Waals surface area contributed by atoms with Crippen molar-refractivity contribution in [3.8, 4) is 0 Å². The summed E-state index contributed by atoms with van der Waals surface area (Å²) in [5.41, 5.74) is 4.39. The van der Waals surface area contributed by atoms with Gasteiger partial charge in [0.2, 0.25) is 0 Å². The zero-order valence-corrected chi connectivity index (χ0v) is 24.6. The van der Waals surface area contributed by atoms with Gasteiger partial charge in [0.05, 0.1) is 11.6 Å². The second kappa shape index (κ2) is 12.7. The van der Waals surface area contributed by atoms with Crippen LogP contribution in [0.4, 0.5) is 8.78 Å². The Balaban J connectivity index is 1.11. The maximum absolute atomic E-state index is 14.2. The van der Waals surface area contributed by atoms with Crippen LogP contribution in [0.15, 0.2) is 54.6 Å². The fourth-order valence-electron chi connectivity index (χ4n) is 7.76. The number of aryl methyl sites for hydroxylation is 1. The van der Waals surface area contributed by atoms with Gasteiger partial charge in [0, 0.05) is 31.1 Å². The molecule has 1 aromatic heterocycles. The minimum atomic E-state index is -0.655. The van der Waals surface area contributed by atoms with Crippen molar-refractivity contribution in [1.82, 2.24) is 14.7 Å². The van der Waals surface area contributed by atoms with Crippen LogP contribution in [-0.4, -0.2) is 45.4 Å². The van der Waals surface area contributed by atoms with E-state index in [4.69, 9.17) is 5.10 Å².